The topological polar surface area (TPSA) is 125 Å². The minimum absolute atomic E-state index is 0.0100. The number of nitrogens with zero attached hydrogens (tertiary/aromatic N) is 2. The van der Waals surface area contributed by atoms with Gasteiger partial charge >= 0.3 is 0 Å². The van der Waals surface area contributed by atoms with Crippen LogP contribution in [0.3, 0.4) is 0 Å². The van der Waals surface area contributed by atoms with Gasteiger partial charge in [-0.2, -0.15) is 10.2 Å². The Kier molecular flexibility index (Phi) is 5.84. The predicted octanol–water partition coefficient (Wildman–Crippen LogP) is 3.29. The van der Waals surface area contributed by atoms with E-state index in [1.807, 2.05) is 6.07 Å². The number of hydrogen-bond acceptors (Lipinski definition) is 6. The lowest BCUT2D eigenvalue weighted by atomic mass is 10.0. The Bertz CT molecular complexity index is 1290. The average molecular weight is 428 g/mol. The van der Waals surface area contributed by atoms with Crippen LogP contribution >= 0.6 is 0 Å². The van der Waals surface area contributed by atoms with Gasteiger partial charge in [-0.15, -0.1) is 0 Å². The first kappa shape index (κ1) is 21.0. The number of nitriles is 1. The van der Waals surface area contributed by atoms with Crippen molar-refractivity contribution in [2.45, 2.75) is 6.92 Å². The molecular formula is C20H17FN4O4S. The standard InChI is InChI=1S/C20H17FN4O4S/c1-3-30(27,28)25-18-13(5-4-10-22)11-15-16(19(26)23-2)17(29-20(15)24-18)12-6-8-14(21)9-7-12/h4-9,11H,3H2,1-2H3,(H,23,26)(H,24,25)/b5-4+. The second kappa shape index (κ2) is 8.34. The van der Waals surface area contributed by atoms with Gasteiger partial charge in [0.05, 0.1) is 22.8 Å². The third-order valence-electron chi connectivity index (χ3n) is 4.24. The number of carbonyl (C=O) groups excluding carboxylic acids is 1. The molecule has 3 aromatic rings. The highest BCUT2D eigenvalue weighted by molar-refractivity contribution is 7.92. The van der Waals surface area contributed by atoms with Crippen molar-refractivity contribution in [3.63, 3.8) is 0 Å². The molecule has 0 aliphatic rings. The third-order valence-corrected chi connectivity index (χ3v) is 5.51. The summed E-state index contributed by atoms with van der Waals surface area (Å²) in [7, 11) is -2.21. The van der Waals surface area contributed by atoms with E-state index in [-0.39, 0.29) is 34.2 Å². The lowest BCUT2D eigenvalue weighted by Gasteiger charge is -2.08. The summed E-state index contributed by atoms with van der Waals surface area (Å²) in [5.74, 6) is -0.987. The van der Waals surface area contributed by atoms with Gasteiger partial charge in [-0.3, -0.25) is 9.52 Å². The first-order valence-corrected chi connectivity index (χ1v) is 10.5. The lowest BCUT2D eigenvalue weighted by Crippen LogP contribution is -2.18. The molecular weight excluding hydrogens is 411 g/mol. The number of sulfonamides is 1. The fourth-order valence-corrected chi connectivity index (χ4v) is 3.35. The Labute approximate surface area is 172 Å². The predicted molar refractivity (Wildman–Crippen MR) is 111 cm³/mol. The van der Waals surface area contributed by atoms with E-state index in [1.165, 1.54) is 50.4 Å². The second-order valence-electron chi connectivity index (χ2n) is 6.14. The van der Waals surface area contributed by atoms with Crippen molar-refractivity contribution in [2.75, 3.05) is 17.5 Å². The number of pyridine rings is 1. The molecule has 0 aliphatic heterocycles. The quantitative estimate of drug-likeness (QED) is 0.581. The van der Waals surface area contributed by atoms with Gasteiger partial charge in [0.25, 0.3) is 5.91 Å². The van der Waals surface area contributed by atoms with Crippen LogP contribution in [-0.4, -0.2) is 32.1 Å². The minimum atomic E-state index is -3.66. The Morgan fingerprint density at radius 1 is 1.33 bits per heavy atom. The van der Waals surface area contributed by atoms with E-state index in [2.05, 4.69) is 15.0 Å². The lowest BCUT2D eigenvalue weighted by molar-refractivity contribution is 0.0964. The molecule has 0 atom stereocenters. The molecule has 1 amide bonds. The molecule has 2 aromatic heterocycles. The van der Waals surface area contributed by atoms with E-state index in [4.69, 9.17) is 9.68 Å². The van der Waals surface area contributed by atoms with E-state index in [1.54, 1.807) is 0 Å². The zero-order valence-electron chi connectivity index (χ0n) is 16.1. The smallest absolute Gasteiger partial charge is 0.255 e. The molecule has 3 rings (SSSR count). The van der Waals surface area contributed by atoms with Gasteiger partial charge in [0.2, 0.25) is 15.7 Å². The van der Waals surface area contributed by atoms with Crippen molar-refractivity contribution < 1.29 is 22.0 Å². The number of hydrogen-bond donors (Lipinski definition) is 2. The van der Waals surface area contributed by atoms with Gasteiger partial charge < -0.3 is 9.73 Å². The summed E-state index contributed by atoms with van der Waals surface area (Å²) < 4.78 is 45.5. The number of fused-ring (bicyclic) bond motifs is 1. The third kappa shape index (κ3) is 4.16. The number of anilines is 1. The van der Waals surface area contributed by atoms with Crippen molar-refractivity contribution in [2.24, 2.45) is 0 Å². The highest BCUT2D eigenvalue weighted by atomic mass is 32.2. The summed E-state index contributed by atoms with van der Waals surface area (Å²) in [5.41, 5.74) is 0.884. The summed E-state index contributed by atoms with van der Waals surface area (Å²) in [6.07, 6.45) is 2.53. The number of nitrogens with one attached hydrogen (secondary N) is 2. The van der Waals surface area contributed by atoms with Gasteiger partial charge in [-0.1, -0.05) is 0 Å². The molecule has 10 heteroatoms. The molecule has 154 valence electrons. The molecule has 1 aromatic carbocycles. The number of benzene rings is 1. The number of halogens is 1. The Morgan fingerprint density at radius 3 is 2.63 bits per heavy atom. The molecule has 0 saturated carbocycles. The number of allylic oxidation sites excluding steroid dienone is 1. The number of amides is 1. The van der Waals surface area contributed by atoms with Crippen LogP contribution in [0.1, 0.15) is 22.8 Å². The van der Waals surface area contributed by atoms with Gasteiger partial charge in [0, 0.05) is 24.3 Å². The molecule has 2 N–H and O–H groups in total. The van der Waals surface area contributed by atoms with Crippen molar-refractivity contribution in [3.05, 3.63) is 53.4 Å². The van der Waals surface area contributed by atoms with Gasteiger partial charge in [-0.25, -0.2) is 12.8 Å². The molecule has 2 heterocycles. The van der Waals surface area contributed by atoms with Crippen LogP contribution in [0.25, 0.3) is 28.5 Å². The van der Waals surface area contributed by atoms with Crippen LogP contribution in [0.15, 0.2) is 40.8 Å². The molecule has 0 bridgehead atoms. The highest BCUT2D eigenvalue weighted by Gasteiger charge is 2.24. The number of rotatable bonds is 6. The summed E-state index contributed by atoms with van der Waals surface area (Å²) in [5, 5.41) is 11.7. The van der Waals surface area contributed by atoms with E-state index >= 15 is 0 Å². The first-order chi connectivity index (χ1) is 14.3. The highest BCUT2D eigenvalue weighted by Crippen LogP contribution is 2.35. The maximum absolute atomic E-state index is 13.3. The van der Waals surface area contributed by atoms with Crippen LogP contribution < -0.4 is 10.0 Å². The van der Waals surface area contributed by atoms with Crippen LogP contribution in [0.5, 0.6) is 0 Å². The van der Waals surface area contributed by atoms with Crippen molar-refractivity contribution in [3.8, 4) is 17.4 Å². The molecule has 0 radical (unpaired) electrons. The van der Waals surface area contributed by atoms with Crippen molar-refractivity contribution in [1.29, 1.82) is 5.26 Å². The van der Waals surface area contributed by atoms with Crippen LogP contribution in [0, 0.1) is 17.1 Å². The molecule has 0 aliphatic carbocycles. The van der Waals surface area contributed by atoms with E-state index in [0.29, 0.717) is 10.9 Å². The largest absolute Gasteiger partial charge is 0.437 e. The molecule has 0 fully saturated rings. The summed E-state index contributed by atoms with van der Waals surface area (Å²) >= 11 is 0. The zero-order chi connectivity index (χ0) is 21.9. The molecule has 8 nitrogen and oxygen atoms in total. The van der Waals surface area contributed by atoms with Crippen LogP contribution in [0.4, 0.5) is 10.2 Å². The number of carbonyl (C=O) groups is 1. The van der Waals surface area contributed by atoms with E-state index in [9.17, 15) is 17.6 Å². The Morgan fingerprint density at radius 2 is 2.03 bits per heavy atom. The van der Waals surface area contributed by atoms with E-state index in [0.717, 1.165) is 6.08 Å². The van der Waals surface area contributed by atoms with Crippen molar-refractivity contribution >= 4 is 38.9 Å². The molecule has 0 spiro atoms. The normalized spacial score (nSPS) is 11.5. The van der Waals surface area contributed by atoms with E-state index < -0.39 is 21.7 Å². The molecule has 30 heavy (non-hydrogen) atoms. The molecule has 0 unspecified atom stereocenters. The maximum Gasteiger partial charge on any atom is 0.255 e. The van der Waals surface area contributed by atoms with Crippen molar-refractivity contribution in [1.82, 2.24) is 10.3 Å². The Hall–Kier alpha value is -3.71. The maximum atomic E-state index is 13.3. The van der Waals surface area contributed by atoms with Gasteiger partial charge in [0.15, 0.2) is 5.82 Å². The minimum Gasteiger partial charge on any atom is -0.437 e. The monoisotopic (exact) mass is 428 g/mol. The summed E-state index contributed by atoms with van der Waals surface area (Å²) in [6.45, 7) is 1.47. The van der Waals surface area contributed by atoms with Crippen LogP contribution in [0.2, 0.25) is 0 Å². The number of aromatic nitrogens is 1. The Balaban J connectivity index is 2.32. The summed E-state index contributed by atoms with van der Waals surface area (Å²) in [6, 6.07) is 8.70. The van der Waals surface area contributed by atoms with Gasteiger partial charge in [-0.05, 0) is 43.3 Å². The number of furan rings is 1. The van der Waals surface area contributed by atoms with Crippen LogP contribution in [-0.2, 0) is 10.0 Å². The first-order valence-electron chi connectivity index (χ1n) is 8.81. The SMILES string of the molecule is CCS(=O)(=O)Nc1nc2oc(-c3ccc(F)cc3)c(C(=O)NC)c2cc1/C=C/C#N. The second-order valence-corrected chi connectivity index (χ2v) is 8.15. The van der Waals surface area contributed by atoms with Gasteiger partial charge in [0.1, 0.15) is 11.6 Å². The zero-order valence-corrected chi connectivity index (χ0v) is 16.9. The fourth-order valence-electron chi connectivity index (χ4n) is 2.75. The fraction of sp³-hybridized carbons (Fsp3) is 0.150. The molecule has 0 saturated heterocycles. The average Bonchev–Trinajstić information content (AvgIpc) is 3.09. The summed E-state index contributed by atoms with van der Waals surface area (Å²) in [4.78, 5) is 16.8.